The van der Waals surface area contributed by atoms with Crippen LogP contribution in [0.25, 0.3) is 0 Å². The van der Waals surface area contributed by atoms with Crippen molar-refractivity contribution >= 4 is 63.8 Å². The Kier molecular flexibility index (Phi) is 22.4. The van der Waals surface area contributed by atoms with Gasteiger partial charge in [0, 0.05) is 13.8 Å². The number of hydrogen-bond donors (Lipinski definition) is 0. The predicted octanol–water partition coefficient (Wildman–Crippen LogP) is 4.14. The van der Waals surface area contributed by atoms with Gasteiger partial charge >= 0.3 is 51.9 Å². The average molecular weight is 551 g/mol. The van der Waals surface area contributed by atoms with E-state index in [-0.39, 0.29) is 59.7 Å². The van der Waals surface area contributed by atoms with Crippen molar-refractivity contribution in [1.82, 2.24) is 0 Å². The normalized spacial score (nSPS) is 12.2. The smallest absolute Gasteiger partial charge is 0.705 e. The zero-order valence-electron chi connectivity index (χ0n) is 24.4. The van der Waals surface area contributed by atoms with Gasteiger partial charge in [0.2, 0.25) is 11.9 Å². The standard InChI is InChI=1S/6C3H7O.2C2H4O2.2Al.Mg/c6*1-3(2)4;2*1-2(3)4;;;/h6*3H,1-2H3;2*1H3,(H,3,4);;;/q6*-1;;;2*+3;+2/p-2. The molecule has 0 aliphatic heterocycles. The van der Waals surface area contributed by atoms with E-state index in [1.807, 2.05) is 83.1 Å². The molecule has 0 fully saturated rings. The molecule has 13 heteroatoms. The van der Waals surface area contributed by atoms with Gasteiger partial charge in [-0.1, -0.05) is 0 Å². The second-order valence-corrected chi connectivity index (χ2v) is 13.9. The molecule has 0 unspecified atom stereocenters. The van der Waals surface area contributed by atoms with Crippen molar-refractivity contribution in [2.45, 2.75) is 134 Å². The fraction of sp³-hybridized carbons (Fsp3) is 0.909. The van der Waals surface area contributed by atoms with Crippen LogP contribution in [0.1, 0.15) is 96.9 Å². The van der Waals surface area contributed by atoms with Crippen molar-refractivity contribution < 1.29 is 39.9 Å². The Bertz CT molecular complexity index is 484. The molecule has 0 spiro atoms. The molecule has 35 heavy (non-hydrogen) atoms. The van der Waals surface area contributed by atoms with Gasteiger partial charge in [-0.05, 0) is 120 Å². The van der Waals surface area contributed by atoms with E-state index in [4.69, 9.17) is 30.3 Å². The Morgan fingerprint density at radius 2 is 0.571 bits per heavy atom. The third-order valence-corrected chi connectivity index (χ3v) is 9.76. The van der Waals surface area contributed by atoms with Crippen LogP contribution in [0.15, 0.2) is 0 Å². The van der Waals surface area contributed by atoms with E-state index in [0.717, 1.165) is 0 Å². The van der Waals surface area contributed by atoms with Crippen LogP contribution in [0.3, 0.4) is 0 Å². The second-order valence-electron chi connectivity index (χ2n) is 9.48. The first kappa shape index (κ1) is 40.0. The molecule has 0 bridgehead atoms. The third-order valence-electron chi connectivity index (χ3n) is 3.25. The maximum absolute atomic E-state index is 11.2. The molecule has 0 aromatic carbocycles. The van der Waals surface area contributed by atoms with Crippen LogP contribution in [0.2, 0.25) is 0 Å². The van der Waals surface area contributed by atoms with Crippen molar-refractivity contribution in [2.24, 2.45) is 0 Å². The van der Waals surface area contributed by atoms with E-state index in [1.54, 1.807) is 0 Å². The van der Waals surface area contributed by atoms with E-state index in [9.17, 15) is 9.59 Å². The molecule has 0 saturated carbocycles. The summed E-state index contributed by atoms with van der Waals surface area (Å²) in [5.74, 6) is -0.895. The molecule has 0 heterocycles. The van der Waals surface area contributed by atoms with E-state index < -0.39 is 40.8 Å². The first-order chi connectivity index (χ1) is 15.3. The molecule has 204 valence electrons. The van der Waals surface area contributed by atoms with Crippen molar-refractivity contribution in [3.8, 4) is 0 Å². The predicted molar refractivity (Wildman–Crippen MR) is 138 cm³/mol. The van der Waals surface area contributed by atoms with Gasteiger partial charge in [-0.15, -0.1) is 0 Å². The molecule has 0 atom stereocenters. The number of rotatable bonds is 14. The van der Waals surface area contributed by atoms with Gasteiger partial charge in [-0.3, -0.25) is 9.59 Å². The summed E-state index contributed by atoms with van der Waals surface area (Å²) in [4.78, 5) is 22.4. The molecule has 0 aromatic heterocycles. The fourth-order valence-corrected chi connectivity index (χ4v) is 8.30. The van der Waals surface area contributed by atoms with Crippen molar-refractivity contribution in [3.63, 3.8) is 0 Å². The quantitative estimate of drug-likeness (QED) is 0.293. The first-order valence-electron chi connectivity index (χ1n) is 12.0. The minimum absolute atomic E-state index is 0. The van der Waals surface area contributed by atoms with E-state index in [0.29, 0.717) is 0 Å². The van der Waals surface area contributed by atoms with E-state index >= 15 is 0 Å². The van der Waals surface area contributed by atoms with Crippen LogP contribution in [0.4, 0.5) is 0 Å². The van der Waals surface area contributed by atoms with Gasteiger partial charge < -0.3 is 30.3 Å². The summed E-state index contributed by atoms with van der Waals surface area (Å²) in [5.41, 5.74) is 0. The monoisotopic (exact) mass is 550 g/mol. The zero-order chi connectivity index (χ0) is 27.3. The van der Waals surface area contributed by atoms with E-state index in [1.165, 1.54) is 13.8 Å². The third kappa shape index (κ3) is 22.2. The molecular formula is C22H48Al2MgO10. The Morgan fingerprint density at radius 3 is 0.657 bits per heavy atom. The minimum atomic E-state index is -3.72. The van der Waals surface area contributed by atoms with Gasteiger partial charge in [0.15, 0.2) is 0 Å². The summed E-state index contributed by atoms with van der Waals surface area (Å²) in [7, 11) is 0. The molecule has 0 aliphatic rings. The maximum Gasteiger partial charge on any atom is 2.00 e. The maximum atomic E-state index is 11.2. The molecule has 0 saturated heterocycles. The molecule has 0 aromatic rings. The van der Waals surface area contributed by atoms with Crippen LogP contribution in [0, 0.1) is 0 Å². The van der Waals surface area contributed by atoms with Gasteiger partial charge in [-0.25, -0.2) is 0 Å². The van der Waals surface area contributed by atoms with E-state index in [2.05, 4.69) is 0 Å². The SMILES string of the molecule is CC(=O)[O][Al-]([O]C(C)C)([O]C(C)C)[O]C(C)C.CC(=O)[O][Al-]([O]C(C)C)([O]C(C)C)[O]C(C)C.[Mg+2]. The van der Waals surface area contributed by atoms with Gasteiger partial charge in [0.05, 0.1) is 0 Å². The summed E-state index contributed by atoms with van der Waals surface area (Å²) in [6.45, 7) is 24.9. The first-order valence-corrected chi connectivity index (χ1v) is 15.8. The summed E-state index contributed by atoms with van der Waals surface area (Å²) >= 11 is -7.45. The summed E-state index contributed by atoms with van der Waals surface area (Å²) in [6, 6.07) is 0. The largest absolute Gasteiger partial charge is 2.00 e. The average Bonchev–Trinajstić information content (AvgIpc) is 2.48. The van der Waals surface area contributed by atoms with Gasteiger partial charge in [0.25, 0.3) is 0 Å². The molecule has 0 amide bonds. The molecule has 0 N–H and O–H groups in total. The topological polar surface area (TPSA) is 108 Å². The minimum Gasteiger partial charge on any atom is -0.705 e. The van der Waals surface area contributed by atoms with Crippen molar-refractivity contribution in [3.05, 3.63) is 0 Å². The van der Waals surface area contributed by atoms with Crippen molar-refractivity contribution in [1.29, 1.82) is 0 Å². The summed E-state index contributed by atoms with van der Waals surface area (Å²) < 4.78 is 44.4. The summed E-state index contributed by atoms with van der Waals surface area (Å²) in [6.07, 6.45) is -0.768. The van der Waals surface area contributed by atoms with Crippen LogP contribution in [-0.4, -0.2) is 100 Å². The zero-order valence-corrected chi connectivity index (χ0v) is 28.1. The Balaban J connectivity index is -0.000000569. The Hall–Kier alpha value is 0.531. The van der Waals surface area contributed by atoms with Crippen LogP contribution in [0.5, 0.6) is 0 Å². The van der Waals surface area contributed by atoms with Gasteiger partial charge in [-0.2, -0.15) is 0 Å². The van der Waals surface area contributed by atoms with Gasteiger partial charge in [0.1, 0.15) is 0 Å². The number of carbonyl (C=O) groups is 2. The molecule has 0 radical (unpaired) electrons. The molecular weight excluding hydrogens is 503 g/mol. The molecule has 10 nitrogen and oxygen atoms in total. The number of hydrogen-bond acceptors (Lipinski definition) is 10. The number of carbonyl (C=O) groups excluding carboxylic acids is 2. The van der Waals surface area contributed by atoms with Crippen LogP contribution >= 0.6 is 0 Å². The van der Waals surface area contributed by atoms with Crippen LogP contribution in [-0.2, 0) is 39.9 Å². The Morgan fingerprint density at radius 1 is 0.429 bits per heavy atom. The summed E-state index contributed by atoms with van der Waals surface area (Å²) in [5, 5.41) is 0. The van der Waals surface area contributed by atoms with Crippen LogP contribution < -0.4 is 0 Å². The molecule has 0 aliphatic carbocycles. The fourth-order valence-electron chi connectivity index (χ4n) is 2.77. The second kappa shape index (κ2) is 19.6. The van der Waals surface area contributed by atoms with Crippen molar-refractivity contribution in [2.75, 3.05) is 0 Å². The Labute approximate surface area is 236 Å². The molecule has 0 rings (SSSR count).